The molecule has 7 nitrogen and oxygen atoms in total. The van der Waals surface area contributed by atoms with Crippen molar-refractivity contribution in [3.8, 4) is 5.75 Å². The highest BCUT2D eigenvalue weighted by Crippen LogP contribution is 2.28. The molecule has 3 amide bonds. The monoisotopic (exact) mass is 351 g/mol. The van der Waals surface area contributed by atoms with E-state index in [1.54, 1.807) is 37.2 Å². The lowest BCUT2D eigenvalue weighted by Gasteiger charge is -2.22. The molecule has 0 unspecified atom stereocenters. The number of hydrogen-bond acceptors (Lipinski definition) is 4. The minimum atomic E-state index is -0.667. The smallest absolute Gasteiger partial charge is 0.262 e. The van der Waals surface area contributed by atoms with Crippen molar-refractivity contribution in [3.05, 3.63) is 23.8 Å². The van der Waals surface area contributed by atoms with Crippen molar-refractivity contribution < 1.29 is 23.5 Å². The van der Waals surface area contributed by atoms with Gasteiger partial charge in [-0.05, 0) is 24.6 Å². The molecule has 2 rings (SSSR count). The summed E-state index contributed by atoms with van der Waals surface area (Å²) in [5.74, 6) is -0.166. The van der Waals surface area contributed by atoms with Gasteiger partial charge < -0.3 is 19.9 Å². The molecule has 1 heterocycles. The van der Waals surface area contributed by atoms with Crippen LogP contribution in [0.2, 0.25) is 0 Å². The Kier molecular flexibility index (Phi) is 6.32. The molecule has 1 aromatic rings. The molecule has 1 aromatic carbocycles. The van der Waals surface area contributed by atoms with Gasteiger partial charge in [0.1, 0.15) is 5.75 Å². The number of hydrogen-bond donors (Lipinski definition) is 1. The topological polar surface area (TPSA) is 78.9 Å². The van der Waals surface area contributed by atoms with Crippen molar-refractivity contribution in [2.45, 2.75) is 12.8 Å². The first-order valence-electron chi connectivity index (χ1n) is 8.04. The molecule has 1 N–H and O–H groups in total. The quantitative estimate of drug-likeness (QED) is 0.803. The maximum atomic E-state index is 12.5. The number of amides is 3. The number of carbonyl (C=O) groups is 3. The Bertz CT molecular complexity index is 665. The Balaban J connectivity index is 1.89. The van der Waals surface area contributed by atoms with Gasteiger partial charge in [0.05, 0.1) is 18.8 Å². The molecule has 136 valence electrons. The molecule has 0 atom stereocenters. The molecule has 0 aliphatic carbocycles. The van der Waals surface area contributed by atoms with Crippen molar-refractivity contribution in [2.75, 3.05) is 45.8 Å². The fraction of sp³-hybridized carbons (Fsp3) is 0.471. The van der Waals surface area contributed by atoms with Gasteiger partial charge in [-0.3, -0.25) is 18.8 Å². The van der Waals surface area contributed by atoms with Crippen molar-refractivity contribution >= 4 is 23.4 Å². The largest absolute Gasteiger partial charge is 0.482 e. The molecule has 0 radical (unpaired) electrons. The average Bonchev–Trinajstić information content (AvgIpc) is 2.60. The van der Waals surface area contributed by atoms with Crippen LogP contribution in [0.15, 0.2) is 18.2 Å². The van der Waals surface area contributed by atoms with E-state index in [-0.39, 0.29) is 30.7 Å². The third kappa shape index (κ3) is 4.91. The van der Waals surface area contributed by atoms with Crippen LogP contribution in [-0.4, -0.2) is 68.0 Å². The number of nitrogens with one attached hydrogen (secondary N) is 1. The van der Waals surface area contributed by atoms with Gasteiger partial charge in [0, 0.05) is 32.7 Å². The fourth-order valence-corrected chi connectivity index (χ4v) is 2.48. The predicted octanol–water partition coefficient (Wildman–Crippen LogP) is 1.30. The van der Waals surface area contributed by atoms with Crippen LogP contribution in [0.25, 0.3) is 0 Å². The molecule has 0 aromatic heterocycles. The molecule has 0 saturated heterocycles. The summed E-state index contributed by atoms with van der Waals surface area (Å²) in [6.45, 7) is 0.200. The minimum absolute atomic E-state index is 0.0329. The first kappa shape index (κ1) is 18.7. The fourth-order valence-electron chi connectivity index (χ4n) is 2.48. The third-order valence-electron chi connectivity index (χ3n) is 3.93. The van der Waals surface area contributed by atoms with Gasteiger partial charge in [0.2, 0.25) is 5.91 Å². The second kappa shape index (κ2) is 8.46. The zero-order valence-electron chi connectivity index (χ0n) is 14.4. The summed E-state index contributed by atoms with van der Waals surface area (Å²) >= 11 is 0. The number of benzene rings is 1. The van der Waals surface area contributed by atoms with Gasteiger partial charge in [-0.25, -0.2) is 0 Å². The highest BCUT2D eigenvalue weighted by molar-refractivity contribution is 5.99. The number of anilines is 1. The number of alkyl halides is 1. The second-order valence-corrected chi connectivity index (χ2v) is 5.88. The average molecular weight is 351 g/mol. The molecule has 0 spiro atoms. The maximum Gasteiger partial charge on any atom is 0.262 e. The van der Waals surface area contributed by atoms with Crippen molar-refractivity contribution in [3.63, 3.8) is 0 Å². The van der Waals surface area contributed by atoms with E-state index in [9.17, 15) is 18.8 Å². The van der Waals surface area contributed by atoms with E-state index in [0.717, 1.165) is 0 Å². The van der Waals surface area contributed by atoms with Crippen LogP contribution in [0.1, 0.15) is 23.2 Å². The lowest BCUT2D eigenvalue weighted by molar-refractivity contribution is -0.130. The first-order valence-corrected chi connectivity index (χ1v) is 8.04. The summed E-state index contributed by atoms with van der Waals surface area (Å²) in [4.78, 5) is 38.3. The first-order chi connectivity index (χ1) is 11.9. The van der Waals surface area contributed by atoms with Crippen LogP contribution >= 0.6 is 0 Å². The molecule has 1 aliphatic heterocycles. The Morgan fingerprint density at radius 3 is 2.68 bits per heavy atom. The van der Waals surface area contributed by atoms with Crippen molar-refractivity contribution in [1.82, 2.24) is 9.80 Å². The second-order valence-electron chi connectivity index (χ2n) is 5.88. The highest BCUT2D eigenvalue weighted by atomic mass is 19.1. The van der Waals surface area contributed by atoms with Crippen LogP contribution in [0, 0.1) is 0 Å². The van der Waals surface area contributed by atoms with E-state index in [1.807, 2.05) is 0 Å². The van der Waals surface area contributed by atoms with E-state index in [2.05, 4.69) is 5.32 Å². The SMILES string of the molecule is CN(CCCN(C)C(=O)c1ccc2c(c1)NC(=O)CO2)C(=O)CCF. The Morgan fingerprint density at radius 1 is 1.24 bits per heavy atom. The van der Waals surface area contributed by atoms with Gasteiger partial charge in [-0.2, -0.15) is 0 Å². The van der Waals surface area contributed by atoms with Crippen molar-refractivity contribution in [2.24, 2.45) is 0 Å². The Hall–Kier alpha value is -2.64. The lowest BCUT2D eigenvalue weighted by Crippen LogP contribution is -2.33. The molecular formula is C17H22FN3O4. The van der Waals surface area contributed by atoms with E-state index >= 15 is 0 Å². The lowest BCUT2D eigenvalue weighted by atomic mass is 10.1. The summed E-state index contributed by atoms with van der Waals surface area (Å²) in [5.41, 5.74) is 0.918. The van der Waals surface area contributed by atoms with Gasteiger partial charge in [-0.1, -0.05) is 0 Å². The number of ether oxygens (including phenoxy) is 1. The third-order valence-corrected chi connectivity index (χ3v) is 3.93. The summed E-state index contributed by atoms with van der Waals surface area (Å²) in [7, 11) is 3.28. The highest BCUT2D eigenvalue weighted by Gasteiger charge is 2.19. The summed E-state index contributed by atoms with van der Waals surface area (Å²) in [5, 5.41) is 2.67. The van der Waals surface area contributed by atoms with Crippen LogP contribution in [0.5, 0.6) is 5.75 Å². The number of fused-ring (bicyclic) bond motifs is 1. The van der Waals surface area contributed by atoms with Gasteiger partial charge in [0.25, 0.3) is 11.8 Å². The van der Waals surface area contributed by atoms with E-state index < -0.39 is 6.67 Å². The number of rotatable bonds is 7. The van der Waals surface area contributed by atoms with Crippen LogP contribution in [0.3, 0.4) is 0 Å². The molecule has 1 aliphatic rings. The van der Waals surface area contributed by atoms with E-state index in [4.69, 9.17) is 4.74 Å². The van der Waals surface area contributed by atoms with E-state index in [0.29, 0.717) is 36.5 Å². The zero-order chi connectivity index (χ0) is 18.4. The number of halogens is 1. The normalized spacial score (nSPS) is 12.7. The molecule has 25 heavy (non-hydrogen) atoms. The summed E-state index contributed by atoms with van der Waals surface area (Å²) in [6, 6.07) is 4.88. The molecule has 0 fully saturated rings. The van der Waals surface area contributed by atoms with Gasteiger partial charge >= 0.3 is 0 Å². The van der Waals surface area contributed by atoms with Gasteiger partial charge in [0.15, 0.2) is 6.61 Å². The predicted molar refractivity (Wildman–Crippen MR) is 90.4 cm³/mol. The number of nitrogens with zero attached hydrogens (tertiary/aromatic N) is 2. The molecule has 0 saturated carbocycles. The van der Waals surface area contributed by atoms with Crippen LogP contribution < -0.4 is 10.1 Å². The standard InChI is InChI=1S/C17H22FN3O4/c1-20(16(23)6-7-18)8-3-9-21(2)17(24)12-4-5-14-13(10-12)19-15(22)11-25-14/h4-5,10H,3,6-9,11H2,1-2H3,(H,19,22). The maximum absolute atomic E-state index is 12.5. The summed E-state index contributed by atoms with van der Waals surface area (Å²) < 4.78 is 17.4. The summed E-state index contributed by atoms with van der Waals surface area (Å²) in [6.07, 6.45) is 0.468. The molecular weight excluding hydrogens is 329 g/mol. The Labute approximate surface area is 145 Å². The molecule has 0 bridgehead atoms. The van der Waals surface area contributed by atoms with Crippen LogP contribution in [0.4, 0.5) is 10.1 Å². The molecule has 8 heteroatoms. The minimum Gasteiger partial charge on any atom is -0.482 e. The van der Waals surface area contributed by atoms with Gasteiger partial charge in [-0.15, -0.1) is 0 Å². The number of carbonyl (C=O) groups excluding carboxylic acids is 3. The van der Waals surface area contributed by atoms with E-state index in [1.165, 1.54) is 4.90 Å². The van der Waals surface area contributed by atoms with Crippen molar-refractivity contribution in [1.29, 1.82) is 0 Å². The Morgan fingerprint density at radius 2 is 1.96 bits per heavy atom. The zero-order valence-corrected chi connectivity index (χ0v) is 14.4. The van der Waals surface area contributed by atoms with Crippen LogP contribution in [-0.2, 0) is 9.59 Å².